The number of anilines is 1. The Bertz CT molecular complexity index is 581. The van der Waals surface area contributed by atoms with Crippen LogP contribution in [-0.2, 0) is 0 Å². The fourth-order valence-electron chi connectivity index (χ4n) is 1.49. The predicted molar refractivity (Wildman–Crippen MR) is 83.3 cm³/mol. The van der Waals surface area contributed by atoms with Gasteiger partial charge in [-0.3, -0.25) is 4.79 Å². The van der Waals surface area contributed by atoms with Gasteiger partial charge in [0.2, 0.25) is 0 Å². The first-order valence-electron chi connectivity index (χ1n) is 5.39. The van der Waals surface area contributed by atoms with Crippen LogP contribution in [0.5, 0.6) is 0 Å². The molecule has 2 aromatic rings. The Morgan fingerprint density at radius 3 is 2.44 bits per heavy atom. The monoisotopic (exact) mass is 371 g/mol. The Morgan fingerprint density at radius 1 is 1.17 bits per heavy atom. The van der Waals surface area contributed by atoms with E-state index in [0.717, 1.165) is 9.13 Å². The van der Waals surface area contributed by atoms with Crippen LogP contribution in [0, 0.1) is 10.5 Å². The Balaban J connectivity index is 2.18. The number of benzene rings is 2. The number of nitrogens with one attached hydrogen (secondary N) is 1. The first kappa shape index (κ1) is 13.4. The average molecular weight is 372 g/mol. The van der Waals surface area contributed by atoms with Crippen LogP contribution in [0.2, 0.25) is 5.02 Å². The van der Waals surface area contributed by atoms with Crippen molar-refractivity contribution in [1.29, 1.82) is 0 Å². The molecule has 0 spiro atoms. The van der Waals surface area contributed by atoms with Gasteiger partial charge in [-0.15, -0.1) is 0 Å². The van der Waals surface area contributed by atoms with Crippen LogP contribution in [0.4, 0.5) is 5.69 Å². The summed E-state index contributed by atoms with van der Waals surface area (Å²) in [6.45, 7) is 1.98. The zero-order chi connectivity index (χ0) is 13.1. The van der Waals surface area contributed by atoms with Gasteiger partial charge in [-0.25, -0.2) is 0 Å². The predicted octanol–water partition coefficient (Wildman–Crippen LogP) is 4.51. The summed E-state index contributed by atoms with van der Waals surface area (Å²) in [4.78, 5) is 12.0. The van der Waals surface area contributed by atoms with Crippen molar-refractivity contribution in [3.63, 3.8) is 0 Å². The van der Waals surface area contributed by atoms with Gasteiger partial charge in [0, 0.05) is 9.13 Å². The molecular weight excluding hydrogens is 361 g/mol. The van der Waals surface area contributed by atoms with Crippen molar-refractivity contribution in [2.75, 3.05) is 5.32 Å². The van der Waals surface area contributed by atoms with E-state index in [-0.39, 0.29) is 5.91 Å². The van der Waals surface area contributed by atoms with E-state index < -0.39 is 0 Å². The summed E-state index contributed by atoms with van der Waals surface area (Å²) in [7, 11) is 0. The van der Waals surface area contributed by atoms with Gasteiger partial charge >= 0.3 is 0 Å². The number of amides is 1. The van der Waals surface area contributed by atoms with Crippen LogP contribution in [-0.4, -0.2) is 5.91 Å². The molecule has 0 aliphatic rings. The van der Waals surface area contributed by atoms with Crippen LogP contribution in [0.3, 0.4) is 0 Å². The molecule has 0 saturated heterocycles. The summed E-state index contributed by atoms with van der Waals surface area (Å²) < 4.78 is 1.03. The molecule has 2 rings (SSSR count). The molecule has 18 heavy (non-hydrogen) atoms. The van der Waals surface area contributed by atoms with Crippen molar-refractivity contribution in [2.45, 2.75) is 6.92 Å². The number of hydrogen-bond donors (Lipinski definition) is 1. The largest absolute Gasteiger partial charge is 0.321 e. The molecule has 0 aliphatic carbocycles. The number of carbonyl (C=O) groups excluding carboxylic acids is 1. The van der Waals surface area contributed by atoms with Crippen molar-refractivity contribution in [3.05, 3.63) is 62.2 Å². The molecule has 2 nitrogen and oxygen atoms in total. The summed E-state index contributed by atoms with van der Waals surface area (Å²) in [6.07, 6.45) is 0. The molecule has 2 aromatic carbocycles. The topological polar surface area (TPSA) is 29.1 Å². The van der Waals surface area contributed by atoms with E-state index >= 15 is 0 Å². The van der Waals surface area contributed by atoms with Gasteiger partial charge in [-0.1, -0.05) is 29.3 Å². The normalized spacial score (nSPS) is 10.2. The van der Waals surface area contributed by atoms with E-state index in [0.29, 0.717) is 16.3 Å². The summed E-state index contributed by atoms with van der Waals surface area (Å²) >= 11 is 8.24. The third-order valence-corrected chi connectivity index (χ3v) is 3.48. The Morgan fingerprint density at radius 2 is 1.83 bits per heavy atom. The van der Waals surface area contributed by atoms with E-state index in [2.05, 4.69) is 27.9 Å². The summed E-state index contributed by atoms with van der Waals surface area (Å²) in [5.41, 5.74) is 2.37. The summed E-state index contributed by atoms with van der Waals surface area (Å²) in [5.74, 6) is -0.155. The van der Waals surface area contributed by atoms with Crippen molar-refractivity contribution in [1.82, 2.24) is 0 Å². The quantitative estimate of drug-likeness (QED) is 0.774. The Hall–Kier alpha value is -1.07. The lowest BCUT2D eigenvalue weighted by atomic mass is 10.1. The summed E-state index contributed by atoms with van der Waals surface area (Å²) in [6, 6.07) is 12.9. The second-order valence-corrected chi connectivity index (χ2v) is 5.60. The molecule has 92 valence electrons. The minimum absolute atomic E-state index is 0.155. The fraction of sp³-hybridized carbons (Fsp3) is 0.0714. The zero-order valence-corrected chi connectivity index (χ0v) is 12.6. The highest BCUT2D eigenvalue weighted by Gasteiger charge is 2.08. The smallest absolute Gasteiger partial charge is 0.255 e. The Labute approximate surface area is 124 Å². The van der Waals surface area contributed by atoms with E-state index in [9.17, 15) is 4.79 Å². The first-order valence-corrected chi connectivity index (χ1v) is 6.85. The molecule has 0 radical (unpaired) electrons. The molecule has 1 amide bonds. The van der Waals surface area contributed by atoms with Crippen molar-refractivity contribution in [2.24, 2.45) is 0 Å². The maximum Gasteiger partial charge on any atom is 0.255 e. The van der Waals surface area contributed by atoms with Gasteiger partial charge in [-0.05, 0) is 59.8 Å². The molecule has 0 heterocycles. The lowest BCUT2D eigenvalue weighted by molar-refractivity contribution is 0.102. The molecule has 0 aliphatic heterocycles. The van der Waals surface area contributed by atoms with Crippen molar-refractivity contribution in [3.8, 4) is 0 Å². The highest BCUT2D eigenvalue weighted by molar-refractivity contribution is 14.1. The second kappa shape index (κ2) is 5.71. The van der Waals surface area contributed by atoms with Crippen LogP contribution in [0.25, 0.3) is 0 Å². The van der Waals surface area contributed by atoms with E-state index in [1.165, 1.54) is 0 Å². The van der Waals surface area contributed by atoms with Crippen molar-refractivity contribution >= 4 is 45.8 Å². The van der Waals surface area contributed by atoms with Gasteiger partial charge in [0.05, 0.1) is 10.7 Å². The summed E-state index contributed by atoms with van der Waals surface area (Å²) in [5, 5.41) is 3.34. The van der Waals surface area contributed by atoms with Crippen LogP contribution >= 0.6 is 34.2 Å². The van der Waals surface area contributed by atoms with Gasteiger partial charge in [0.15, 0.2) is 0 Å². The van der Waals surface area contributed by atoms with E-state index in [4.69, 9.17) is 11.6 Å². The van der Waals surface area contributed by atoms with Crippen LogP contribution in [0.1, 0.15) is 15.9 Å². The molecule has 0 aromatic heterocycles. The number of rotatable bonds is 2. The van der Waals surface area contributed by atoms with Crippen molar-refractivity contribution < 1.29 is 4.79 Å². The highest BCUT2D eigenvalue weighted by atomic mass is 127. The molecule has 0 unspecified atom stereocenters. The number of halogens is 2. The highest BCUT2D eigenvalue weighted by Crippen LogP contribution is 2.24. The minimum atomic E-state index is -0.155. The van der Waals surface area contributed by atoms with Gasteiger partial charge in [0.25, 0.3) is 5.91 Å². The minimum Gasteiger partial charge on any atom is -0.321 e. The SMILES string of the molecule is Cc1ccc(C(=O)Nc2ccc(I)cc2Cl)cc1. The maximum atomic E-state index is 12.0. The molecule has 0 saturated carbocycles. The number of aryl methyl sites for hydroxylation is 1. The molecule has 0 atom stereocenters. The average Bonchev–Trinajstić information content (AvgIpc) is 2.33. The second-order valence-electron chi connectivity index (χ2n) is 3.94. The molecular formula is C14H11ClINO. The zero-order valence-electron chi connectivity index (χ0n) is 9.71. The third kappa shape index (κ3) is 3.23. The molecule has 4 heteroatoms. The number of carbonyl (C=O) groups is 1. The van der Waals surface area contributed by atoms with E-state index in [1.807, 2.05) is 31.2 Å². The van der Waals surface area contributed by atoms with Crippen LogP contribution < -0.4 is 5.32 Å². The van der Waals surface area contributed by atoms with Gasteiger partial charge in [-0.2, -0.15) is 0 Å². The van der Waals surface area contributed by atoms with Crippen LogP contribution in [0.15, 0.2) is 42.5 Å². The number of hydrogen-bond acceptors (Lipinski definition) is 1. The first-order chi connectivity index (χ1) is 8.56. The fourth-order valence-corrected chi connectivity index (χ4v) is 2.39. The maximum absolute atomic E-state index is 12.0. The molecule has 0 fully saturated rings. The Kier molecular flexibility index (Phi) is 4.24. The molecule has 0 bridgehead atoms. The van der Waals surface area contributed by atoms with E-state index in [1.54, 1.807) is 18.2 Å². The molecule has 1 N–H and O–H groups in total. The van der Waals surface area contributed by atoms with Gasteiger partial charge in [0.1, 0.15) is 0 Å². The standard InChI is InChI=1S/C14H11ClINO/c1-9-2-4-10(5-3-9)14(18)17-13-7-6-11(16)8-12(13)15/h2-8H,1H3,(H,17,18). The lowest BCUT2D eigenvalue weighted by Gasteiger charge is -2.07. The third-order valence-electron chi connectivity index (χ3n) is 2.49. The van der Waals surface area contributed by atoms with Gasteiger partial charge < -0.3 is 5.32 Å². The lowest BCUT2D eigenvalue weighted by Crippen LogP contribution is -2.12.